The summed E-state index contributed by atoms with van der Waals surface area (Å²) in [6.45, 7) is 1.67. The van der Waals surface area contributed by atoms with Crippen LogP contribution in [0.3, 0.4) is 0 Å². The van der Waals surface area contributed by atoms with E-state index in [1.54, 1.807) is 4.90 Å². The van der Waals surface area contributed by atoms with Crippen molar-refractivity contribution in [2.75, 3.05) is 33.3 Å². The van der Waals surface area contributed by atoms with Crippen molar-refractivity contribution in [2.24, 2.45) is 11.8 Å². The smallest absolute Gasteiger partial charge is 0.407 e. The molecule has 0 atom stereocenters. The van der Waals surface area contributed by atoms with Crippen LogP contribution in [0.5, 0.6) is 0 Å². The number of carbonyl (C=O) groups is 3. The van der Waals surface area contributed by atoms with Gasteiger partial charge in [-0.1, -0.05) is 0 Å². The minimum atomic E-state index is -0.930. The number of carbonyl (C=O) groups excluding carboxylic acids is 2. The number of carboxylic acid groups (broad SMARTS) is 1. The molecule has 2 aliphatic rings. The maximum Gasteiger partial charge on any atom is 0.407 e. The van der Waals surface area contributed by atoms with E-state index in [0.717, 1.165) is 0 Å². The fraction of sp³-hybridized carbons (Fsp3) is 0.786. The summed E-state index contributed by atoms with van der Waals surface area (Å²) in [6, 6.07) is 0. The van der Waals surface area contributed by atoms with Gasteiger partial charge in [-0.15, -0.1) is 0 Å². The van der Waals surface area contributed by atoms with Gasteiger partial charge in [0.05, 0.1) is 13.0 Å². The first-order valence-corrected chi connectivity index (χ1v) is 7.37. The Hall–Kier alpha value is -1.79. The number of ether oxygens (including phenoxy) is 1. The van der Waals surface area contributed by atoms with Gasteiger partial charge in [-0.2, -0.15) is 0 Å². The molecule has 2 amide bonds. The molecular formula is C14H22N2O5. The van der Waals surface area contributed by atoms with Crippen molar-refractivity contribution in [3.05, 3.63) is 0 Å². The molecule has 118 valence electrons. The second kappa shape index (κ2) is 6.78. The van der Waals surface area contributed by atoms with Gasteiger partial charge in [-0.25, -0.2) is 4.79 Å². The predicted octanol–water partition coefficient (Wildman–Crippen LogP) is 0.788. The van der Waals surface area contributed by atoms with Crippen molar-refractivity contribution in [3.63, 3.8) is 0 Å². The lowest BCUT2D eigenvalue weighted by Gasteiger charge is -2.36. The van der Waals surface area contributed by atoms with Gasteiger partial charge in [0, 0.05) is 32.1 Å². The van der Waals surface area contributed by atoms with Gasteiger partial charge >= 0.3 is 12.1 Å². The van der Waals surface area contributed by atoms with Crippen molar-refractivity contribution >= 4 is 18.0 Å². The highest BCUT2D eigenvalue weighted by molar-refractivity contribution is 5.80. The van der Waals surface area contributed by atoms with E-state index in [1.165, 1.54) is 12.0 Å². The van der Waals surface area contributed by atoms with Gasteiger partial charge in [-0.3, -0.25) is 9.59 Å². The Labute approximate surface area is 123 Å². The van der Waals surface area contributed by atoms with Crippen molar-refractivity contribution in [1.82, 2.24) is 9.80 Å². The maximum absolute atomic E-state index is 12.4. The van der Waals surface area contributed by atoms with Gasteiger partial charge in [-0.05, 0) is 25.7 Å². The van der Waals surface area contributed by atoms with E-state index in [-0.39, 0.29) is 23.7 Å². The highest BCUT2D eigenvalue weighted by Crippen LogP contribution is 2.31. The van der Waals surface area contributed by atoms with Crippen LogP contribution in [-0.2, 0) is 14.3 Å². The van der Waals surface area contributed by atoms with E-state index >= 15 is 0 Å². The number of hydrogen-bond acceptors (Lipinski definition) is 4. The number of methoxy groups -OCH3 is 1. The molecule has 2 rings (SSSR count). The zero-order valence-corrected chi connectivity index (χ0v) is 12.3. The molecule has 0 radical (unpaired) electrons. The monoisotopic (exact) mass is 298 g/mol. The highest BCUT2D eigenvalue weighted by atomic mass is 16.5. The Morgan fingerprint density at radius 1 is 0.905 bits per heavy atom. The average Bonchev–Trinajstić information content (AvgIpc) is 2.53. The lowest BCUT2D eigenvalue weighted by atomic mass is 9.81. The second-order valence-electron chi connectivity index (χ2n) is 5.67. The van der Waals surface area contributed by atoms with E-state index < -0.39 is 6.09 Å². The molecule has 0 spiro atoms. The van der Waals surface area contributed by atoms with E-state index in [0.29, 0.717) is 51.9 Å². The molecule has 7 nitrogen and oxygen atoms in total. The molecule has 0 aromatic heterocycles. The molecule has 1 aliphatic heterocycles. The molecule has 1 heterocycles. The summed E-state index contributed by atoms with van der Waals surface area (Å²) in [7, 11) is 1.39. The van der Waals surface area contributed by atoms with Gasteiger partial charge in [0.1, 0.15) is 0 Å². The molecule has 1 N–H and O–H groups in total. The first kappa shape index (κ1) is 15.6. The molecule has 1 aliphatic carbocycles. The van der Waals surface area contributed by atoms with Crippen LogP contribution >= 0.6 is 0 Å². The van der Waals surface area contributed by atoms with Crippen LogP contribution in [0.1, 0.15) is 25.7 Å². The second-order valence-corrected chi connectivity index (χ2v) is 5.67. The third-order valence-corrected chi connectivity index (χ3v) is 4.47. The van der Waals surface area contributed by atoms with E-state index in [1.807, 2.05) is 0 Å². The third-order valence-electron chi connectivity index (χ3n) is 4.47. The molecular weight excluding hydrogens is 276 g/mol. The largest absolute Gasteiger partial charge is 0.469 e. The summed E-state index contributed by atoms with van der Waals surface area (Å²) < 4.78 is 4.74. The molecule has 0 aromatic rings. The number of hydrogen-bond donors (Lipinski definition) is 1. The average molecular weight is 298 g/mol. The summed E-state index contributed by atoms with van der Waals surface area (Å²) in [5, 5.41) is 8.90. The predicted molar refractivity (Wildman–Crippen MR) is 73.6 cm³/mol. The lowest BCUT2D eigenvalue weighted by molar-refractivity contribution is -0.149. The summed E-state index contributed by atoms with van der Waals surface area (Å²) in [6.07, 6.45) is 1.87. The standard InChI is InChI=1S/C14H22N2O5/c1-21-13(18)11-4-2-10(3-5-11)12(17)15-6-8-16(9-7-15)14(19)20/h10-11H,2-9H2,1H3,(H,19,20)/t10-,11-. The molecule has 2 fully saturated rings. The Morgan fingerprint density at radius 3 is 1.86 bits per heavy atom. The normalized spacial score (nSPS) is 26.3. The lowest BCUT2D eigenvalue weighted by Crippen LogP contribution is -2.52. The summed E-state index contributed by atoms with van der Waals surface area (Å²) in [5.74, 6) is -0.204. The first-order chi connectivity index (χ1) is 10.0. The molecule has 21 heavy (non-hydrogen) atoms. The minimum absolute atomic E-state index is 0.0396. The van der Waals surface area contributed by atoms with Gasteiger partial charge in [0.2, 0.25) is 5.91 Å². The van der Waals surface area contributed by atoms with Crippen LogP contribution in [0.2, 0.25) is 0 Å². The quantitative estimate of drug-likeness (QED) is 0.762. The summed E-state index contributed by atoms with van der Waals surface area (Å²) in [4.78, 5) is 37.8. The fourth-order valence-corrected chi connectivity index (χ4v) is 3.12. The van der Waals surface area contributed by atoms with Crippen LogP contribution in [0, 0.1) is 11.8 Å². The van der Waals surface area contributed by atoms with Crippen LogP contribution in [0.4, 0.5) is 4.79 Å². The molecule has 1 saturated heterocycles. The summed E-state index contributed by atoms with van der Waals surface area (Å²) in [5.41, 5.74) is 0. The van der Waals surface area contributed by atoms with Gasteiger partial charge in [0.15, 0.2) is 0 Å². The molecule has 1 saturated carbocycles. The number of rotatable bonds is 2. The van der Waals surface area contributed by atoms with Crippen LogP contribution in [0.25, 0.3) is 0 Å². The van der Waals surface area contributed by atoms with E-state index in [2.05, 4.69) is 0 Å². The van der Waals surface area contributed by atoms with Crippen molar-refractivity contribution in [2.45, 2.75) is 25.7 Å². The van der Waals surface area contributed by atoms with Crippen molar-refractivity contribution in [1.29, 1.82) is 0 Å². The molecule has 0 unspecified atom stereocenters. The SMILES string of the molecule is COC(=O)[C@H]1CC[C@H](C(=O)N2CCN(C(=O)O)CC2)CC1. The minimum Gasteiger partial charge on any atom is -0.469 e. The van der Waals surface area contributed by atoms with Gasteiger partial charge in [0.25, 0.3) is 0 Å². The Kier molecular flexibility index (Phi) is 5.03. The summed E-state index contributed by atoms with van der Waals surface area (Å²) >= 11 is 0. The van der Waals surface area contributed by atoms with Gasteiger partial charge < -0.3 is 19.6 Å². The van der Waals surface area contributed by atoms with Crippen molar-refractivity contribution in [3.8, 4) is 0 Å². The molecule has 0 bridgehead atoms. The third kappa shape index (κ3) is 3.65. The molecule has 7 heteroatoms. The maximum atomic E-state index is 12.4. The number of piperazine rings is 1. The fourth-order valence-electron chi connectivity index (χ4n) is 3.12. The zero-order valence-electron chi connectivity index (χ0n) is 12.3. The van der Waals surface area contributed by atoms with Crippen LogP contribution < -0.4 is 0 Å². The Balaban J connectivity index is 1.80. The first-order valence-electron chi connectivity index (χ1n) is 7.37. The number of nitrogens with zero attached hydrogens (tertiary/aromatic N) is 2. The van der Waals surface area contributed by atoms with E-state index in [9.17, 15) is 14.4 Å². The Bertz CT molecular complexity index is 410. The zero-order chi connectivity index (χ0) is 15.4. The van der Waals surface area contributed by atoms with E-state index in [4.69, 9.17) is 9.84 Å². The topological polar surface area (TPSA) is 87.2 Å². The van der Waals surface area contributed by atoms with Crippen LogP contribution in [0.15, 0.2) is 0 Å². The van der Waals surface area contributed by atoms with Crippen molar-refractivity contribution < 1.29 is 24.2 Å². The highest BCUT2D eigenvalue weighted by Gasteiger charge is 2.33. The molecule has 0 aromatic carbocycles. The number of esters is 1. The Morgan fingerprint density at radius 2 is 1.38 bits per heavy atom. The van der Waals surface area contributed by atoms with Crippen LogP contribution in [-0.4, -0.2) is 66.2 Å². The number of amides is 2.